The first-order valence-electron chi connectivity index (χ1n) is 7.79. The highest BCUT2D eigenvalue weighted by atomic mass is 16.5. The van der Waals surface area contributed by atoms with E-state index in [9.17, 15) is 14.7 Å². The summed E-state index contributed by atoms with van der Waals surface area (Å²) in [6.45, 7) is -0.347. The van der Waals surface area contributed by atoms with Crippen molar-refractivity contribution in [3.63, 3.8) is 0 Å². The Morgan fingerprint density at radius 3 is 2.79 bits per heavy atom. The number of aliphatic hydroxyl groups is 2. The molecule has 1 aromatic heterocycles. The predicted octanol–water partition coefficient (Wildman–Crippen LogP) is -0.278. The lowest BCUT2D eigenvalue weighted by Crippen LogP contribution is -2.33. The Morgan fingerprint density at radius 1 is 1.38 bits per heavy atom. The zero-order valence-corrected chi connectivity index (χ0v) is 13.2. The highest BCUT2D eigenvalue weighted by Crippen LogP contribution is 2.27. The molecule has 1 aliphatic rings. The highest BCUT2D eigenvalue weighted by molar-refractivity contribution is 5.29. The van der Waals surface area contributed by atoms with Gasteiger partial charge in [-0.25, -0.2) is 4.79 Å². The van der Waals surface area contributed by atoms with Crippen molar-refractivity contribution in [2.75, 3.05) is 6.61 Å². The van der Waals surface area contributed by atoms with Crippen LogP contribution in [0.25, 0.3) is 0 Å². The first-order chi connectivity index (χ1) is 11.6. The van der Waals surface area contributed by atoms with Gasteiger partial charge in [0.25, 0.3) is 5.56 Å². The van der Waals surface area contributed by atoms with Gasteiger partial charge in [0.1, 0.15) is 17.9 Å². The van der Waals surface area contributed by atoms with Gasteiger partial charge in [-0.15, -0.1) is 12.3 Å². The molecule has 3 N–H and O–H groups in total. The number of rotatable bonds is 5. The van der Waals surface area contributed by atoms with Gasteiger partial charge in [-0.2, -0.15) is 0 Å². The standard InChI is InChI=1S/C17H20N2O5/c1-2-3-4-5-6-7-8-12-10-19(17(23)18-16(12)22)15-9-13(21)14(11-20)24-15/h1,10,13-15,20-21H,3-6,9,11H2,(H,18,22,23)/t13-,14+,15+/m0/s1. The van der Waals surface area contributed by atoms with Crippen molar-refractivity contribution < 1.29 is 14.9 Å². The van der Waals surface area contributed by atoms with Crippen LogP contribution in [0.1, 0.15) is 43.9 Å². The average Bonchev–Trinajstić information content (AvgIpc) is 2.93. The van der Waals surface area contributed by atoms with Gasteiger partial charge in [-0.05, 0) is 12.8 Å². The van der Waals surface area contributed by atoms with Crippen LogP contribution < -0.4 is 11.2 Å². The molecule has 1 aliphatic heterocycles. The topological polar surface area (TPSA) is 105 Å². The third-order valence-corrected chi connectivity index (χ3v) is 3.76. The fourth-order valence-corrected chi connectivity index (χ4v) is 2.44. The van der Waals surface area contributed by atoms with Gasteiger partial charge in [0, 0.05) is 25.5 Å². The molecule has 0 aliphatic carbocycles. The third kappa shape index (κ3) is 4.36. The summed E-state index contributed by atoms with van der Waals surface area (Å²) in [7, 11) is 0. The van der Waals surface area contributed by atoms with Crippen molar-refractivity contribution in [3.8, 4) is 24.2 Å². The first kappa shape index (κ1) is 18.0. The lowest BCUT2D eigenvalue weighted by Gasteiger charge is -2.14. The van der Waals surface area contributed by atoms with Crippen LogP contribution in [0.3, 0.4) is 0 Å². The van der Waals surface area contributed by atoms with Crippen molar-refractivity contribution in [2.45, 2.75) is 50.5 Å². The summed E-state index contributed by atoms with van der Waals surface area (Å²) in [5.41, 5.74) is -1.06. The van der Waals surface area contributed by atoms with Crippen LogP contribution in [0, 0.1) is 24.2 Å². The summed E-state index contributed by atoms with van der Waals surface area (Å²) >= 11 is 0. The second-order valence-corrected chi connectivity index (χ2v) is 5.54. The summed E-state index contributed by atoms with van der Waals surface area (Å²) in [4.78, 5) is 26.0. The molecule has 0 bridgehead atoms. The maximum Gasteiger partial charge on any atom is 0.330 e. The Labute approximate surface area is 139 Å². The number of nitrogens with one attached hydrogen (secondary N) is 1. The van der Waals surface area contributed by atoms with Crippen LogP contribution in [0.5, 0.6) is 0 Å². The molecule has 128 valence electrons. The smallest absolute Gasteiger partial charge is 0.330 e. The number of hydrogen-bond donors (Lipinski definition) is 3. The minimum absolute atomic E-state index is 0.149. The number of aliphatic hydroxyl groups excluding tert-OH is 2. The summed E-state index contributed by atoms with van der Waals surface area (Å²) in [6.07, 6.45) is 7.27. The summed E-state index contributed by atoms with van der Waals surface area (Å²) in [5.74, 6) is 8.18. The zero-order chi connectivity index (χ0) is 17.5. The quantitative estimate of drug-likeness (QED) is 0.508. The number of nitrogens with zero attached hydrogens (tertiary/aromatic N) is 1. The molecule has 0 spiro atoms. The molecule has 7 nitrogen and oxygen atoms in total. The Balaban J connectivity index is 2.15. The molecule has 1 aromatic rings. The number of aromatic nitrogens is 2. The number of H-pyrrole nitrogens is 1. The SMILES string of the molecule is C#CCCCCC#Cc1cn([C@H]2C[C@H](O)[C@@H](CO)O2)c(=O)[nH]c1=O. The molecule has 0 saturated carbocycles. The van der Waals surface area contributed by atoms with E-state index in [4.69, 9.17) is 16.3 Å². The first-order valence-corrected chi connectivity index (χ1v) is 7.79. The zero-order valence-electron chi connectivity index (χ0n) is 13.2. The van der Waals surface area contributed by atoms with Crippen LogP contribution in [-0.2, 0) is 4.74 Å². The van der Waals surface area contributed by atoms with Crippen molar-refractivity contribution in [1.29, 1.82) is 0 Å². The normalized spacial score (nSPS) is 22.6. The molecular formula is C17H20N2O5. The van der Waals surface area contributed by atoms with E-state index in [1.165, 1.54) is 10.8 Å². The molecule has 1 saturated heterocycles. The third-order valence-electron chi connectivity index (χ3n) is 3.76. The van der Waals surface area contributed by atoms with Crippen LogP contribution in [0.2, 0.25) is 0 Å². The van der Waals surface area contributed by atoms with Crippen molar-refractivity contribution in [1.82, 2.24) is 9.55 Å². The Hall–Kier alpha value is -2.32. The minimum atomic E-state index is -0.871. The molecular weight excluding hydrogens is 312 g/mol. The predicted molar refractivity (Wildman–Crippen MR) is 87.1 cm³/mol. The lowest BCUT2D eigenvalue weighted by molar-refractivity contribution is -0.0459. The molecule has 0 unspecified atom stereocenters. The van der Waals surface area contributed by atoms with E-state index >= 15 is 0 Å². The van der Waals surface area contributed by atoms with Crippen LogP contribution in [0.15, 0.2) is 15.8 Å². The van der Waals surface area contributed by atoms with Crippen molar-refractivity contribution >= 4 is 0 Å². The van der Waals surface area contributed by atoms with Gasteiger partial charge in [-0.1, -0.05) is 11.8 Å². The fraction of sp³-hybridized carbons (Fsp3) is 0.529. The molecule has 3 atom stereocenters. The summed E-state index contributed by atoms with van der Waals surface area (Å²) < 4.78 is 6.61. The number of aromatic amines is 1. The van der Waals surface area contributed by atoms with Crippen LogP contribution in [0.4, 0.5) is 0 Å². The maximum absolute atomic E-state index is 11.9. The second-order valence-electron chi connectivity index (χ2n) is 5.54. The number of terminal acetylenes is 1. The summed E-state index contributed by atoms with van der Waals surface area (Å²) in [5, 5.41) is 18.9. The number of unbranched alkanes of at least 4 members (excludes halogenated alkanes) is 3. The Bertz CT molecular complexity index is 777. The molecule has 0 amide bonds. The molecule has 2 rings (SSSR count). The maximum atomic E-state index is 11.9. The molecule has 1 fully saturated rings. The second kappa shape index (κ2) is 8.51. The van der Waals surface area contributed by atoms with Gasteiger partial charge in [0.05, 0.1) is 12.7 Å². The van der Waals surface area contributed by atoms with E-state index < -0.39 is 29.7 Å². The van der Waals surface area contributed by atoms with E-state index in [2.05, 4.69) is 22.7 Å². The molecule has 24 heavy (non-hydrogen) atoms. The van der Waals surface area contributed by atoms with E-state index in [1.807, 2.05) is 0 Å². The van der Waals surface area contributed by atoms with E-state index in [-0.39, 0.29) is 18.6 Å². The Kier molecular flexibility index (Phi) is 6.39. The van der Waals surface area contributed by atoms with Gasteiger partial charge in [-0.3, -0.25) is 14.3 Å². The Morgan fingerprint density at radius 2 is 2.12 bits per heavy atom. The molecule has 7 heteroatoms. The van der Waals surface area contributed by atoms with E-state index in [1.54, 1.807) is 0 Å². The largest absolute Gasteiger partial charge is 0.394 e. The monoisotopic (exact) mass is 332 g/mol. The molecule has 0 aromatic carbocycles. The van der Waals surface area contributed by atoms with Crippen LogP contribution in [-0.4, -0.2) is 38.6 Å². The average molecular weight is 332 g/mol. The summed E-state index contributed by atoms with van der Waals surface area (Å²) in [6, 6.07) is 0. The van der Waals surface area contributed by atoms with Gasteiger partial charge < -0.3 is 14.9 Å². The lowest BCUT2D eigenvalue weighted by atomic mass is 10.2. The van der Waals surface area contributed by atoms with Gasteiger partial charge in [0.15, 0.2) is 0 Å². The number of ether oxygens (including phenoxy) is 1. The van der Waals surface area contributed by atoms with E-state index in [0.717, 1.165) is 12.8 Å². The minimum Gasteiger partial charge on any atom is -0.394 e. The van der Waals surface area contributed by atoms with Crippen LogP contribution >= 0.6 is 0 Å². The fourth-order valence-electron chi connectivity index (χ4n) is 2.44. The number of hydrogen-bond acceptors (Lipinski definition) is 5. The van der Waals surface area contributed by atoms with Gasteiger partial charge >= 0.3 is 5.69 Å². The van der Waals surface area contributed by atoms with E-state index in [0.29, 0.717) is 12.8 Å². The van der Waals surface area contributed by atoms with Gasteiger partial charge in [0.2, 0.25) is 0 Å². The van der Waals surface area contributed by atoms with Crippen molar-refractivity contribution in [2.24, 2.45) is 0 Å². The molecule has 0 radical (unpaired) electrons. The van der Waals surface area contributed by atoms with Crippen molar-refractivity contribution in [3.05, 3.63) is 32.6 Å². The highest BCUT2D eigenvalue weighted by Gasteiger charge is 2.35. The molecule has 2 heterocycles.